The van der Waals surface area contributed by atoms with Gasteiger partial charge in [0.25, 0.3) is 5.91 Å². The summed E-state index contributed by atoms with van der Waals surface area (Å²) in [5.41, 5.74) is 1.01. The number of benzene rings is 2. The van der Waals surface area contributed by atoms with E-state index in [1.54, 1.807) is 24.3 Å². The van der Waals surface area contributed by atoms with E-state index in [2.05, 4.69) is 10.0 Å². The second kappa shape index (κ2) is 8.64. The van der Waals surface area contributed by atoms with E-state index in [1.165, 1.54) is 24.3 Å². The Balaban J connectivity index is 2.05. The minimum absolute atomic E-state index is 0.138. The Morgan fingerprint density at radius 2 is 1.64 bits per heavy atom. The highest BCUT2D eigenvalue weighted by molar-refractivity contribution is 7.89. The first kappa shape index (κ1) is 19.0. The van der Waals surface area contributed by atoms with Crippen LogP contribution in [0.15, 0.2) is 53.4 Å². The molecule has 0 saturated carbocycles. The van der Waals surface area contributed by atoms with Crippen LogP contribution in [0.1, 0.15) is 30.6 Å². The van der Waals surface area contributed by atoms with Crippen molar-refractivity contribution in [2.24, 2.45) is 0 Å². The van der Waals surface area contributed by atoms with Crippen molar-refractivity contribution in [1.82, 2.24) is 4.72 Å². The van der Waals surface area contributed by atoms with Gasteiger partial charge in [0.15, 0.2) is 0 Å². The molecule has 0 aliphatic rings. The van der Waals surface area contributed by atoms with Crippen LogP contribution in [-0.2, 0) is 10.0 Å². The number of ether oxygens (including phenoxy) is 1. The molecule has 0 aliphatic carbocycles. The zero-order chi connectivity index (χ0) is 18.3. The van der Waals surface area contributed by atoms with Gasteiger partial charge in [-0.3, -0.25) is 4.79 Å². The number of hydrogen-bond acceptors (Lipinski definition) is 4. The molecular weight excluding hydrogens is 340 g/mol. The maximum absolute atomic E-state index is 12.3. The number of anilines is 1. The lowest BCUT2D eigenvalue weighted by molar-refractivity contribution is 0.102. The normalized spacial score (nSPS) is 11.1. The Bertz CT molecular complexity index is 800. The van der Waals surface area contributed by atoms with Crippen molar-refractivity contribution in [3.05, 3.63) is 54.1 Å². The van der Waals surface area contributed by atoms with E-state index in [0.29, 0.717) is 30.8 Å². The standard InChI is InChI=1S/C18H22N2O4S/c1-3-13-19-25(22,23)17-11-5-14(6-12-17)18(21)20-15-7-9-16(10-8-15)24-4-2/h5-12,19H,3-4,13H2,1-2H3,(H,20,21). The predicted octanol–water partition coefficient (Wildman–Crippen LogP) is 3.03. The average molecular weight is 362 g/mol. The molecule has 2 N–H and O–H groups in total. The quantitative estimate of drug-likeness (QED) is 0.756. The lowest BCUT2D eigenvalue weighted by Gasteiger charge is -2.08. The molecule has 0 heterocycles. The van der Waals surface area contributed by atoms with E-state index in [-0.39, 0.29) is 10.8 Å². The summed E-state index contributed by atoms with van der Waals surface area (Å²) in [6.45, 7) is 4.74. The SMILES string of the molecule is CCCNS(=O)(=O)c1ccc(C(=O)Nc2ccc(OCC)cc2)cc1. The molecule has 0 spiro atoms. The molecule has 0 atom stereocenters. The summed E-state index contributed by atoms with van der Waals surface area (Å²) in [5.74, 6) is 0.421. The summed E-state index contributed by atoms with van der Waals surface area (Å²) in [6.07, 6.45) is 0.710. The van der Waals surface area contributed by atoms with Crippen LogP contribution in [0.2, 0.25) is 0 Å². The fourth-order valence-corrected chi connectivity index (χ4v) is 3.24. The van der Waals surface area contributed by atoms with Crippen molar-refractivity contribution >= 4 is 21.6 Å². The molecule has 25 heavy (non-hydrogen) atoms. The van der Waals surface area contributed by atoms with Gasteiger partial charge in [0.1, 0.15) is 5.75 Å². The number of amides is 1. The summed E-state index contributed by atoms with van der Waals surface area (Å²) < 4.78 is 31.9. The number of rotatable bonds is 8. The molecule has 2 aromatic carbocycles. The van der Waals surface area contributed by atoms with E-state index in [9.17, 15) is 13.2 Å². The van der Waals surface area contributed by atoms with Crippen LogP contribution in [0.25, 0.3) is 0 Å². The molecule has 6 nitrogen and oxygen atoms in total. The predicted molar refractivity (Wildman–Crippen MR) is 97.5 cm³/mol. The summed E-state index contributed by atoms with van der Waals surface area (Å²) in [5, 5.41) is 2.76. The first-order valence-corrected chi connectivity index (χ1v) is 9.58. The minimum Gasteiger partial charge on any atom is -0.494 e. The van der Waals surface area contributed by atoms with Gasteiger partial charge in [-0.15, -0.1) is 0 Å². The summed E-state index contributed by atoms with van der Waals surface area (Å²) in [4.78, 5) is 12.4. The molecule has 0 saturated heterocycles. The highest BCUT2D eigenvalue weighted by Gasteiger charge is 2.14. The van der Waals surface area contributed by atoms with E-state index >= 15 is 0 Å². The highest BCUT2D eigenvalue weighted by atomic mass is 32.2. The second-order valence-electron chi connectivity index (χ2n) is 5.33. The zero-order valence-electron chi connectivity index (χ0n) is 14.3. The molecule has 134 valence electrons. The van der Waals surface area contributed by atoms with Crippen LogP contribution in [0.4, 0.5) is 5.69 Å². The van der Waals surface area contributed by atoms with Crippen LogP contribution in [0.3, 0.4) is 0 Å². The van der Waals surface area contributed by atoms with Gasteiger partial charge in [0, 0.05) is 17.8 Å². The Morgan fingerprint density at radius 1 is 1.00 bits per heavy atom. The van der Waals surface area contributed by atoms with E-state index < -0.39 is 10.0 Å². The van der Waals surface area contributed by atoms with Crippen molar-refractivity contribution in [3.8, 4) is 5.75 Å². The number of hydrogen-bond donors (Lipinski definition) is 2. The van der Waals surface area contributed by atoms with Crippen molar-refractivity contribution in [2.45, 2.75) is 25.2 Å². The second-order valence-corrected chi connectivity index (χ2v) is 7.10. The Labute approximate surface area is 148 Å². The number of sulfonamides is 1. The van der Waals surface area contributed by atoms with Gasteiger partial charge < -0.3 is 10.1 Å². The molecule has 7 heteroatoms. The Kier molecular flexibility index (Phi) is 6.55. The summed E-state index contributed by atoms with van der Waals surface area (Å²) in [6, 6.07) is 12.9. The third kappa shape index (κ3) is 5.30. The van der Waals surface area contributed by atoms with Crippen molar-refractivity contribution < 1.29 is 17.9 Å². The number of carbonyl (C=O) groups is 1. The van der Waals surface area contributed by atoms with E-state index in [0.717, 1.165) is 5.75 Å². The first-order valence-electron chi connectivity index (χ1n) is 8.10. The molecule has 0 radical (unpaired) electrons. The largest absolute Gasteiger partial charge is 0.494 e. The molecule has 0 bridgehead atoms. The lowest BCUT2D eigenvalue weighted by Crippen LogP contribution is -2.24. The minimum atomic E-state index is -3.53. The molecular formula is C18H22N2O4S. The Hall–Kier alpha value is -2.38. The van der Waals surface area contributed by atoms with Crippen LogP contribution >= 0.6 is 0 Å². The van der Waals surface area contributed by atoms with Crippen molar-refractivity contribution in [1.29, 1.82) is 0 Å². The van der Waals surface area contributed by atoms with E-state index in [4.69, 9.17) is 4.74 Å². The van der Waals surface area contributed by atoms with Gasteiger partial charge in [0.05, 0.1) is 11.5 Å². The highest BCUT2D eigenvalue weighted by Crippen LogP contribution is 2.17. The van der Waals surface area contributed by atoms with Gasteiger partial charge >= 0.3 is 0 Å². The fourth-order valence-electron chi connectivity index (χ4n) is 2.11. The molecule has 0 aromatic heterocycles. The third-order valence-electron chi connectivity index (χ3n) is 3.39. The van der Waals surface area contributed by atoms with Crippen LogP contribution in [0.5, 0.6) is 5.75 Å². The topological polar surface area (TPSA) is 84.5 Å². The first-order chi connectivity index (χ1) is 12.0. The van der Waals surface area contributed by atoms with Crippen molar-refractivity contribution in [3.63, 3.8) is 0 Å². The van der Waals surface area contributed by atoms with Gasteiger partial charge in [-0.05, 0) is 61.9 Å². The molecule has 0 unspecified atom stereocenters. The lowest BCUT2D eigenvalue weighted by atomic mass is 10.2. The third-order valence-corrected chi connectivity index (χ3v) is 4.87. The van der Waals surface area contributed by atoms with E-state index in [1.807, 2.05) is 13.8 Å². The summed E-state index contributed by atoms with van der Waals surface area (Å²) in [7, 11) is -3.53. The Morgan fingerprint density at radius 3 is 2.20 bits per heavy atom. The molecule has 2 aromatic rings. The molecule has 2 rings (SSSR count). The molecule has 1 amide bonds. The van der Waals surface area contributed by atoms with Gasteiger partial charge in [-0.2, -0.15) is 0 Å². The fraction of sp³-hybridized carbons (Fsp3) is 0.278. The van der Waals surface area contributed by atoms with Gasteiger partial charge in [-0.1, -0.05) is 6.92 Å². The zero-order valence-corrected chi connectivity index (χ0v) is 15.1. The monoisotopic (exact) mass is 362 g/mol. The van der Waals surface area contributed by atoms with Crippen LogP contribution in [0, 0.1) is 0 Å². The van der Waals surface area contributed by atoms with Gasteiger partial charge in [-0.25, -0.2) is 13.1 Å². The molecule has 0 fully saturated rings. The average Bonchev–Trinajstić information content (AvgIpc) is 2.62. The maximum Gasteiger partial charge on any atom is 0.255 e. The van der Waals surface area contributed by atoms with Crippen LogP contribution < -0.4 is 14.8 Å². The van der Waals surface area contributed by atoms with Crippen LogP contribution in [-0.4, -0.2) is 27.5 Å². The number of carbonyl (C=O) groups excluding carboxylic acids is 1. The number of nitrogens with one attached hydrogen (secondary N) is 2. The summed E-state index contributed by atoms with van der Waals surface area (Å²) >= 11 is 0. The maximum atomic E-state index is 12.3. The van der Waals surface area contributed by atoms with Gasteiger partial charge in [0.2, 0.25) is 10.0 Å². The molecule has 0 aliphatic heterocycles. The smallest absolute Gasteiger partial charge is 0.255 e. The van der Waals surface area contributed by atoms with Crippen molar-refractivity contribution in [2.75, 3.05) is 18.5 Å².